The van der Waals surface area contributed by atoms with E-state index in [1.54, 1.807) is 0 Å². The Morgan fingerprint density at radius 3 is 2.82 bits per heavy atom. The van der Waals surface area contributed by atoms with E-state index in [9.17, 15) is 4.79 Å². The molecule has 0 aliphatic carbocycles. The topological polar surface area (TPSA) is 23.6 Å². The van der Waals surface area contributed by atoms with Crippen LogP contribution in [0, 0.1) is 0 Å². The van der Waals surface area contributed by atoms with Crippen molar-refractivity contribution in [2.24, 2.45) is 0 Å². The van der Waals surface area contributed by atoms with E-state index in [4.69, 9.17) is 0 Å². The molecule has 90 valence electrons. The number of carbonyl (C=O) groups excluding carboxylic acids is 1. The molecule has 0 saturated carbocycles. The fourth-order valence-corrected chi connectivity index (χ4v) is 3.03. The Balaban J connectivity index is 1.97. The van der Waals surface area contributed by atoms with E-state index in [0.29, 0.717) is 11.9 Å². The van der Waals surface area contributed by atoms with E-state index in [-0.39, 0.29) is 0 Å². The lowest BCUT2D eigenvalue weighted by molar-refractivity contribution is -0.130. The Morgan fingerprint density at radius 2 is 2.06 bits per heavy atom. The van der Waals surface area contributed by atoms with Gasteiger partial charge in [-0.2, -0.15) is 0 Å². The summed E-state index contributed by atoms with van der Waals surface area (Å²) in [6.45, 7) is 1.97. The van der Waals surface area contributed by atoms with Crippen molar-refractivity contribution in [3.05, 3.63) is 29.8 Å². The van der Waals surface area contributed by atoms with Gasteiger partial charge < -0.3 is 9.80 Å². The van der Waals surface area contributed by atoms with Crippen LogP contribution in [0.1, 0.15) is 30.9 Å². The van der Waals surface area contributed by atoms with Crippen molar-refractivity contribution in [2.45, 2.75) is 25.3 Å². The summed E-state index contributed by atoms with van der Waals surface area (Å²) >= 11 is 0. The molecule has 2 aliphatic heterocycles. The lowest BCUT2D eigenvalue weighted by Crippen LogP contribution is -2.37. The van der Waals surface area contributed by atoms with Crippen molar-refractivity contribution in [1.82, 2.24) is 4.90 Å². The second-order valence-electron chi connectivity index (χ2n) is 4.98. The molecule has 3 heteroatoms. The summed E-state index contributed by atoms with van der Waals surface area (Å²) in [5.74, 6) is 0.328. The number of benzene rings is 1. The Bertz CT molecular complexity index is 444. The van der Waals surface area contributed by atoms with Crippen LogP contribution in [0.2, 0.25) is 0 Å². The van der Waals surface area contributed by atoms with Crippen molar-refractivity contribution in [3.8, 4) is 0 Å². The van der Waals surface area contributed by atoms with Crippen molar-refractivity contribution in [1.29, 1.82) is 0 Å². The summed E-state index contributed by atoms with van der Waals surface area (Å²) in [7, 11) is 2.13. The molecule has 0 bridgehead atoms. The van der Waals surface area contributed by atoms with Gasteiger partial charge in [-0.15, -0.1) is 0 Å². The highest BCUT2D eigenvalue weighted by molar-refractivity contribution is 5.79. The van der Waals surface area contributed by atoms with E-state index in [1.807, 2.05) is 0 Å². The maximum absolute atomic E-state index is 11.9. The van der Waals surface area contributed by atoms with Crippen molar-refractivity contribution < 1.29 is 4.79 Å². The van der Waals surface area contributed by atoms with Gasteiger partial charge in [0.15, 0.2) is 0 Å². The summed E-state index contributed by atoms with van der Waals surface area (Å²) in [5, 5.41) is 0. The van der Waals surface area contributed by atoms with Crippen LogP contribution in [0.4, 0.5) is 5.69 Å². The smallest absolute Gasteiger partial charge is 0.223 e. The fourth-order valence-electron chi connectivity index (χ4n) is 3.03. The number of anilines is 1. The van der Waals surface area contributed by atoms with Gasteiger partial charge in [0.2, 0.25) is 5.91 Å². The summed E-state index contributed by atoms with van der Waals surface area (Å²) in [4.78, 5) is 16.2. The van der Waals surface area contributed by atoms with E-state index < -0.39 is 0 Å². The number of hydrogen-bond donors (Lipinski definition) is 0. The molecule has 1 saturated heterocycles. The monoisotopic (exact) mass is 230 g/mol. The van der Waals surface area contributed by atoms with E-state index in [2.05, 4.69) is 41.1 Å². The first-order chi connectivity index (χ1) is 8.27. The summed E-state index contributed by atoms with van der Waals surface area (Å²) in [6.07, 6.45) is 2.81. The van der Waals surface area contributed by atoms with Gasteiger partial charge in [-0.25, -0.2) is 0 Å². The lowest BCUT2D eigenvalue weighted by atomic mass is 9.95. The average molecular weight is 230 g/mol. The largest absolute Gasteiger partial charge is 0.374 e. The lowest BCUT2D eigenvalue weighted by Gasteiger charge is -2.37. The van der Waals surface area contributed by atoms with Crippen LogP contribution in [-0.4, -0.2) is 30.9 Å². The highest BCUT2D eigenvalue weighted by Crippen LogP contribution is 2.38. The molecule has 2 heterocycles. The molecule has 1 unspecified atom stereocenters. The first-order valence-corrected chi connectivity index (χ1v) is 6.37. The van der Waals surface area contributed by atoms with Crippen LogP contribution in [0.25, 0.3) is 0 Å². The Morgan fingerprint density at radius 1 is 1.24 bits per heavy atom. The van der Waals surface area contributed by atoms with E-state index in [1.165, 1.54) is 11.3 Å². The van der Waals surface area contributed by atoms with Crippen LogP contribution in [0.3, 0.4) is 0 Å². The first kappa shape index (κ1) is 10.6. The molecule has 1 aromatic rings. The highest BCUT2D eigenvalue weighted by atomic mass is 16.2. The standard InChI is InChI=1S/C14H18N2O/c1-15-10-8-13(16-9-4-7-14(16)17)11-5-2-3-6-12(11)15/h2-3,5-6,13H,4,7-10H2,1H3. The number of amides is 1. The molecular weight excluding hydrogens is 212 g/mol. The molecule has 2 aliphatic rings. The maximum Gasteiger partial charge on any atom is 0.223 e. The number of likely N-dealkylation sites (tertiary alicyclic amines) is 1. The number of nitrogens with zero attached hydrogens (tertiary/aromatic N) is 2. The van der Waals surface area contributed by atoms with Crippen LogP contribution >= 0.6 is 0 Å². The third-order valence-corrected chi connectivity index (χ3v) is 3.93. The summed E-state index contributed by atoms with van der Waals surface area (Å²) in [6, 6.07) is 8.77. The second-order valence-corrected chi connectivity index (χ2v) is 4.98. The van der Waals surface area contributed by atoms with Gasteiger partial charge in [0.05, 0.1) is 6.04 Å². The number of hydrogen-bond acceptors (Lipinski definition) is 2. The van der Waals surface area contributed by atoms with Crippen molar-refractivity contribution >= 4 is 11.6 Å². The molecule has 0 N–H and O–H groups in total. The zero-order valence-corrected chi connectivity index (χ0v) is 10.2. The SMILES string of the molecule is CN1CCC(N2CCCC2=O)c2ccccc21. The Hall–Kier alpha value is -1.51. The van der Waals surface area contributed by atoms with Crippen molar-refractivity contribution in [2.75, 3.05) is 25.0 Å². The normalized spacial score (nSPS) is 24.1. The van der Waals surface area contributed by atoms with Gasteiger partial charge in [0, 0.05) is 32.2 Å². The molecule has 3 nitrogen and oxygen atoms in total. The summed E-state index contributed by atoms with van der Waals surface area (Å²) < 4.78 is 0. The van der Waals surface area contributed by atoms with Gasteiger partial charge in [-0.1, -0.05) is 18.2 Å². The molecule has 1 fully saturated rings. The number of carbonyl (C=O) groups is 1. The number of rotatable bonds is 1. The molecule has 0 aromatic heterocycles. The van der Waals surface area contributed by atoms with Gasteiger partial charge in [0.25, 0.3) is 0 Å². The molecule has 1 aromatic carbocycles. The first-order valence-electron chi connectivity index (χ1n) is 6.37. The molecule has 1 atom stereocenters. The van der Waals surface area contributed by atoms with Crippen LogP contribution in [0.5, 0.6) is 0 Å². The van der Waals surface area contributed by atoms with E-state index in [0.717, 1.165) is 32.4 Å². The van der Waals surface area contributed by atoms with Crippen LogP contribution < -0.4 is 4.90 Å². The molecule has 17 heavy (non-hydrogen) atoms. The Labute approximate surface area is 102 Å². The van der Waals surface area contributed by atoms with Crippen LogP contribution in [0.15, 0.2) is 24.3 Å². The summed E-state index contributed by atoms with van der Waals surface area (Å²) in [5.41, 5.74) is 2.60. The Kier molecular flexibility index (Phi) is 2.54. The predicted octanol–water partition coefficient (Wildman–Crippen LogP) is 2.19. The molecule has 1 amide bonds. The highest BCUT2D eigenvalue weighted by Gasteiger charge is 2.32. The van der Waals surface area contributed by atoms with E-state index >= 15 is 0 Å². The van der Waals surface area contributed by atoms with Gasteiger partial charge in [-0.05, 0) is 24.5 Å². The quantitative estimate of drug-likeness (QED) is 0.738. The minimum absolute atomic E-state index is 0.303. The molecular formula is C14H18N2O. The fraction of sp³-hybridized carbons (Fsp3) is 0.500. The zero-order chi connectivity index (χ0) is 11.8. The predicted molar refractivity (Wildman–Crippen MR) is 68.0 cm³/mol. The van der Waals surface area contributed by atoms with Gasteiger partial charge in [-0.3, -0.25) is 4.79 Å². The van der Waals surface area contributed by atoms with Gasteiger partial charge in [0.1, 0.15) is 0 Å². The number of fused-ring (bicyclic) bond motifs is 1. The van der Waals surface area contributed by atoms with Gasteiger partial charge >= 0.3 is 0 Å². The maximum atomic E-state index is 11.9. The molecule has 0 radical (unpaired) electrons. The second kappa shape index (κ2) is 4.06. The minimum atomic E-state index is 0.303. The van der Waals surface area contributed by atoms with Crippen molar-refractivity contribution in [3.63, 3.8) is 0 Å². The molecule has 0 spiro atoms. The minimum Gasteiger partial charge on any atom is -0.374 e. The zero-order valence-electron chi connectivity index (χ0n) is 10.2. The number of para-hydroxylation sites is 1. The third kappa shape index (κ3) is 1.70. The molecule has 3 rings (SSSR count). The van der Waals surface area contributed by atoms with Crippen LogP contribution in [-0.2, 0) is 4.79 Å². The third-order valence-electron chi connectivity index (χ3n) is 3.93. The average Bonchev–Trinajstić information content (AvgIpc) is 2.77.